The summed E-state index contributed by atoms with van der Waals surface area (Å²) < 4.78 is 0. The van der Waals surface area contributed by atoms with Crippen LogP contribution in [0.4, 0.5) is 11.4 Å². The van der Waals surface area contributed by atoms with E-state index in [1.54, 1.807) is 55.6 Å². The normalized spacial score (nSPS) is 9.67. The van der Waals surface area contributed by atoms with E-state index in [9.17, 15) is 19.8 Å². The molecule has 6 nitrogen and oxygen atoms in total. The van der Waals surface area contributed by atoms with Gasteiger partial charge in [-0.15, -0.1) is 0 Å². The van der Waals surface area contributed by atoms with Crippen LogP contribution in [0.3, 0.4) is 0 Å². The van der Waals surface area contributed by atoms with Crippen LogP contribution in [-0.4, -0.2) is 29.0 Å². The molecule has 0 aromatic heterocycles. The smallest absolute Gasteiger partial charge is 0.255 e. The maximum atomic E-state index is 12.6. The molecule has 3 rings (SSSR count). The molecule has 0 aliphatic heterocycles. The summed E-state index contributed by atoms with van der Waals surface area (Å²) >= 11 is 0. The monoisotopic (exact) mass is 408 g/mol. The van der Waals surface area contributed by atoms with Crippen molar-refractivity contribution in [3.63, 3.8) is 0 Å². The molecule has 0 bridgehead atoms. The molecule has 6 heteroatoms. The number of nitrogens with one attached hydrogen (secondary N) is 2. The summed E-state index contributed by atoms with van der Waals surface area (Å²) in [5, 5.41) is 25.5. The van der Waals surface area contributed by atoms with Gasteiger partial charge < -0.3 is 20.8 Å². The van der Waals surface area contributed by atoms with Gasteiger partial charge in [0, 0.05) is 18.2 Å². The van der Waals surface area contributed by atoms with E-state index in [4.69, 9.17) is 0 Å². The predicted octanol–water partition coefficient (Wildman–Crippen LogP) is 5.53. The first-order chi connectivity index (χ1) is 13.4. The average molecular weight is 408 g/mol. The van der Waals surface area contributed by atoms with Crippen molar-refractivity contribution in [1.29, 1.82) is 0 Å². The molecule has 0 saturated heterocycles. The Hall–Kier alpha value is -3.80. The van der Waals surface area contributed by atoms with Crippen LogP contribution in [0, 0.1) is 0 Å². The van der Waals surface area contributed by atoms with Crippen LogP contribution in [0.25, 0.3) is 11.1 Å². The molecule has 0 radical (unpaired) electrons. The summed E-state index contributed by atoms with van der Waals surface area (Å²) in [7, 11) is 1.70. The first-order valence-electron chi connectivity index (χ1n) is 8.65. The number of carbonyl (C=O) groups excluding carboxylic acids is 2. The highest BCUT2D eigenvalue weighted by Gasteiger charge is 2.12. The maximum absolute atomic E-state index is 12.6. The van der Waals surface area contributed by atoms with Crippen molar-refractivity contribution >= 4 is 23.1 Å². The molecule has 0 saturated carbocycles. The number of benzene rings is 3. The van der Waals surface area contributed by atoms with E-state index in [1.165, 1.54) is 19.1 Å². The molecule has 1 amide bonds. The van der Waals surface area contributed by atoms with Gasteiger partial charge >= 0.3 is 0 Å². The Kier molecular flexibility index (Phi) is 8.17. The molecule has 0 spiro atoms. The van der Waals surface area contributed by atoms with Crippen LogP contribution in [-0.2, 0) is 0 Å². The summed E-state index contributed by atoms with van der Waals surface area (Å²) in [6.45, 7) is 1.43. The Labute approximate surface area is 177 Å². The molecule has 0 aliphatic rings. The van der Waals surface area contributed by atoms with Crippen LogP contribution >= 0.6 is 0 Å². The molecule has 3 aromatic carbocycles. The Bertz CT molecular complexity index is 1060. The lowest BCUT2D eigenvalue weighted by Crippen LogP contribution is -2.12. The molecule has 30 heavy (non-hydrogen) atoms. The lowest BCUT2D eigenvalue weighted by atomic mass is 10.0. The molecule has 0 atom stereocenters. The number of rotatable bonds is 5. The molecular weight excluding hydrogens is 380 g/mol. The van der Waals surface area contributed by atoms with E-state index < -0.39 is 5.91 Å². The summed E-state index contributed by atoms with van der Waals surface area (Å²) in [5.41, 5.74) is 3.12. The van der Waals surface area contributed by atoms with Gasteiger partial charge in [0.15, 0.2) is 5.78 Å². The quantitative estimate of drug-likeness (QED) is 0.328. The number of hydrogen-bond donors (Lipinski definition) is 4. The van der Waals surface area contributed by atoms with Crippen molar-refractivity contribution in [2.45, 2.75) is 21.8 Å². The third kappa shape index (κ3) is 5.17. The molecule has 0 unspecified atom stereocenters. The van der Waals surface area contributed by atoms with E-state index in [0.29, 0.717) is 16.8 Å². The minimum Gasteiger partial charge on any atom is -0.506 e. The lowest BCUT2D eigenvalue weighted by molar-refractivity contribution is 0.101. The fraction of sp³-hybridized carbons (Fsp3) is 0.167. The number of Topliss-reactive ketones (excluding diaryl/α,β-unsaturated/α-hetero) is 1. The van der Waals surface area contributed by atoms with Gasteiger partial charge in [0.1, 0.15) is 11.5 Å². The molecule has 4 N–H and O–H groups in total. The van der Waals surface area contributed by atoms with Crippen molar-refractivity contribution in [3.8, 4) is 22.6 Å². The standard InChI is InChI=1S/C22H20N2O4.2CH4/c1-13(25)14-4-3-5-17(10-14)22(28)24-19-12-16(7-9-21(19)27)15-6-8-20(26)18(11-15)23-2;;/h3-12,23,26-27H,1-2H3,(H,24,28);2*1H4. The van der Waals surface area contributed by atoms with Crippen LogP contribution < -0.4 is 10.6 Å². The Morgan fingerprint density at radius 1 is 0.767 bits per heavy atom. The highest BCUT2D eigenvalue weighted by molar-refractivity contribution is 6.07. The predicted molar refractivity (Wildman–Crippen MR) is 123 cm³/mol. The van der Waals surface area contributed by atoms with Crippen LogP contribution in [0.15, 0.2) is 60.7 Å². The first kappa shape index (κ1) is 24.2. The topological polar surface area (TPSA) is 98.7 Å². The second kappa shape index (κ2) is 10.1. The van der Waals surface area contributed by atoms with Crippen LogP contribution in [0.2, 0.25) is 0 Å². The van der Waals surface area contributed by atoms with Gasteiger partial charge in [-0.3, -0.25) is 9.59 Å². The molecule has 158 valence electrons. The lowest BCUT2D eigenvalue weighted by Gasteiger charge is -2.12. The number of anilines is 2. The Balaban J connectivity index is 0.00000225. The number of amides is 1. The van der Waals surface area contributed by atoms with Crippen molar-refractivity contribution in [1.82, 2.24) is 0 Å². The zero-order chi connectivity index (χ0) is 20.3. The number of phenolic OH excluding ortho intramolecular Hbond substituents is 2. The minimum atomic E-state index is -0.433. The number of phenols is 2. The first-order valence-corrected chi connectivity index (χ1v) is 8.65. The maximum Gasteiger partial charge on any atom is 0.255 e. The summed E-state index contributed by atoms with van der Waals surface area (Å²) in [4.78, 5) is 24.1. The summed E-state index contributed by atoms with van der Waals surface area (Å²) in [5.74, 6) is -0.513. The highest BCUT2D eigenvalue weighted by atomic mass is 16.3. The molecule has 3 aromatic rings. The van der Waals surface area contributed by atoms with Crippen LogP contribution in [0.1, 0.15) is 42.5 Å². The third-order valence-electron chi connectivity index (χ3n) is 4.38. The van der Waals surface area contributed by atoms with E-state index in [0.717, 1.165) is 11.1 Å². The number of hydrogen-bond acceptors (Lipinski definition) is 5. The second-order valence-electron chi connectivity index (χ2n) is 6.30. The molecule has 0 aliphatic carbocycles. The zero-order valence-corrected chi connectivity index (χ0v) is 15.5. The van der Waals surface area contributed by atoms with Crippen molar-refractivity contribution in [3.05, 3.63) is 71.8 Å². The van der Waals surface area contributed by atoms with E-state index >= 15 is 0 Å². The Morgan fingerprint density at radius 3 is 1.87 bits per heavy atom. The fourth-order valence-electron chi connectivity index (χ4n) is 2.81. The molecule has 0 heterocycles. The number of carbonyl (C=O) groups is 2. The fourth-order valence-corrected chi connectivity index (χ4v) is 2.81. The summed E-state index contributed by atoms with van der Waals surface area (Å²) in [6.07, 6.45) is 0. The van der Waals surface area contributed by atoms with Crippen molar-refractivity contribution in [2.24, 2.45) is 0 Å². The Morgan fingerprint density at radius 2 is 1.30 bits per heavy atom. The zero-order valence-electron chi connectivity index (χ0n) is 15.5. The van der Waals surface area contributed by atoms with Crippen LogP contribution in [0.5, 0.6) is 11.5 Å². The van der Waals surface area contributed by atoms with Gasteiger partial charge in [0.2, 0.25) is 0 Å². The largest absolute Gasteiger partial charge is 0.506 e. The number of aromatic hydroxyl groups is 2. The molecule has 0 fully saturated rings. The van der Waals surface area contributed by atoms with E-state index in [-0.39, 0.29) is 37.8 Å². The highest BCUT2D eigenvalue weighted by Crippen LogP contribution is 2.33. The third-order valence-corrected chi connectivity index (χ3v) is 4.38. The second-order valence-corrected chi connectivity index (χ2v) is 6.30. The van der Waals surface area contributed by atoms with Gasteiger partial charge in [-0.05, 0) is 54.4 Å². The van der Waals surface area contributed by atoms with Crippen molar-refractivity contribution in [2.75, 3.05) is 17.7 Å². The van der Waals surface area contributed by atoms with E-state index in [1.807, 2.05) is 0 Å². The van der Waals surface area contributed by atoms with Gasteiger partial charge in [0.05, 0.1) is 11.4 Å². The molecular formula is C24H28N2O4. The van der Waals surface area contributed by atoms with Crippen molar-refractivity contribution < 1.29 is 19.8 Å². The SMILES string of the molecule is C.C.CNc1cc(-c2ccc(O)c(NC(=O)c3cccc(C(C)=O)c3)c2)ccc1O. The van der Waals surface area contributed by atoms with E-state index in [2.05, 4.69) is 10.6 Å². The summed E-state index contributed by atoms with van der Waals surface area (Å²) in [6, 6.07) is 16.3. The van der Waals surface area contributed by atoms with Gasteiger partial charge in [-0.2, -0.15) is 0 Å². The average Bonchev–Trinajstić information content (AvgIpc) is 2.70. The van der Waals surface area contributed by atoms with Gasteiger partial charge in [-0.1, -0.05) is 39.1 Å². The minimum absolute atomic E-state index is 0. The number of ketones is 1. The van der Waals surface area contributed by atoms with Gasteiger partial charge in [0.25, 0.3) is 5.91 Å². The van der Waals surface area contributed by atoms with Gasteiger partial charge in [-0.25, -0.2) is 0 Å².